The van der Waals surface area contributed by atoms with Gasteiger partial charge in [0.05, 0.1) is 23.4 Å². The first kappa shape index (κ1) is 10.8. The van der Waals surface area contributed by atoms with Gasteiger partial charge in [-0.15, -0.1) is 0 Å². The molecule has 1 aromatic carbocycles. The van der Waals surface area contributed by atoms with Crippen LogP contribution in [0, 0.1) is 0 Å². The second-order valence-corrected chi connectivity index (χ2v) is 4.34. The summed E-state index contributed by atoms with van der Waals surface area (Å²) in [6.45, 7) is 0.406. The molecule has 1 saturated heterocycles. The Morgan fingerprint density at radius 1 is 1.33 bits per heavy atom. The molecule has 1 aliphatic rings. The highest BCUT2D eigenvalue weighted by atomic mass is 16.2. The van der Waals surface area contributed by atoms with E-state index in [2.05, 4.69) is 15.6 Å². The standard InChI is InChI=1S/C12H12N4O2/c1-16-6-14-8-4-7(2-3-10(8)16)9-5-13-11(17)12(18)15-9/h2-4,6,9H,5H2,1H3,(H,13,17)(H,15,18). The average molecular weight is 244 g/mol. The smallest absolute Gasteiger partial charge is 0.309 e. The zero-order valence-electron chi connectivity index (χ0n) is 9.80. The minimum absolute atomic E-state index is 0.193. The van der Waals surface area contributed by atoms with Gasteiger partial charge in [0.2, 0.25) is 0 Å². The van der Waals surface area contributed by atoms with Crippen molar-refractivity contribution in [3.63, 3.8) is 0 Å². The van der Waals surface area contributed by atoms with Crippen molar-refractivity contribution >= 4 is 22.8 Å². The molecule has 3 rings (SSSR count). The molecular weight excluding hydrogens is 232 g/mol. The fourth-order valence-corrected chi connectivity index (χ4v) is 2.12. The molecule has 0 bridgehead atoms. The van der Waals surface area contributed by atoms with Crippen LogP contribution in [0.5, 0.6) is 0 Å². The third-order valence-corrected chi connectivity index (χ3v) is 3.13. The van der Waals surface area contributed by atoms with Gasteiger partial charge in [-0.1, -0.05) is 6.07 Å². The number of hydrogen-bond donors (Lipinski definition) is 2. The average Bonchev–Trinajstić information content (AvgIpc) is 2.74. The van der Waals surface area contributed by atoms with Crippen molar-refractivity contribution in [2.45, 2.75) is 6.04 Å². The molecule has 2 amide bonds. The summed E-state index contributed by atoms with van der Waals surface area (Å²) < 4.78 is 1.93. The van der Waals surface area contributed by atoms with E-state index >= 15 is 0 Å². The number of carbonyl (C=O) groups is 2. The number of aromatic nitrogens is 2. The zero-order valence-corrected chi connectivity index (χ0v) is 9.80. The van der Waals surface area contributed by atoms with Crippen LogP contribution < -0.4 is 10.6 Å². The lowest BCUT2D eigenvalue weighted by molar-refractivity contribution is -0.141. The Kier molecular flexibility index (Phi) is 2.29. The van der Waals surface area contributed by atoms with Gasteiger partial charge < -0.3 is 15.2 Å². The molecule has 6 heteroatoms. The van der Waals surface area contributed by atoms with Crippen LogP contribution in [0.1, 0.15) is 11.6 Å². The maximum Gasteiger partial charge on any atom is 0.309 e. The number of piperazine rings is 1. The molecule has 2 N–H and O–H groups in total. The van der Waals surface area contributed by atoms with Gasteiger partial charge in [0.25, 0.3) is 0 Å². The molecule has 18 heavy (non-hydrogen) atoms. The van der Waals surface area contributed by atoms with E-state index in [9.17, 15) is 9.59 Å². The van der Waals surface area contributed by atoms with Crippen LogP contribution in [0.3, 0.4) is 0 Å². The molecule has 2 aromatic rings. The molecule has 0 saturated carbocycles. The first-order chi connectivity index (χ1) is 8.65. The van der Waals surface area contributed by atoms with Crippen molar-refractivity contribution < 1.29 is 9.59 Å². The van der Waals surface area contributed by atoms with Crippen LogP contribution in [0.15, 0.2) is 24.5 Å². The Bertz CT molecular complexity index is 647. The predicted molar refractivity (Wildman–Crippen MR) is 64.6 cm³/mol. The maximum atomic E-state index is 11.3. The number of benzene rings is 1. The van der Waals surface area contributed by atoms with E-state index in [1.165, 1.54) is 0 Å². The number of rotatable bonds is 1. The molecule has 0 radical (unpaired) electrons. The van der Waals surface area contributed by atoms with E-state index in [1.54, 1.807) is 6.33 Å². The third kappa shape index (κ3) is 1.62. The van der Waals surface area contributed by atoms with Gasteiger partial charge in [0, 0.05) is 13.6 Å². The Morgan fingerprint density at radius 2 is 2.17 bits per heavy atom. The first-order valence-electron chi connectivity index (χ1n) is 5.65. The summed E-state index contributed by atoms with van der Waals surface area (Å²) in [5, 5.41) is 5.23. The highest BCUT2D eigenvalue weighted by Crippen LogP contribution is 2.20. The fraction of sp³-hybridized carbons (Fsp3) is 0.250. The van der Waals surface area contributed by atoms with Crippen LogP contribution >= 0.6 is 0 Å². The third-order valence-electron chi connectivity index (χ3n) is 3.13. The van der Waals surface area contributed by atoms with Crippen molar-refractivity contribution in [3.8, 4) is 0 Å². The molecule has 1 atom stereocenters. The maximum absolute atomic E-state index is 11.3. The Morgan fingerprint density at radius 3 is 2.94 bits per heavy atom. The summed E-state index contributed by atoms with van der Waals surface area (Å²) >= 11 is 0. The first-order valence-corrected chi connectivity index (χ1v) is 5.65. The van der Waals surface area contributed by atoms with E-state index in [1.807, 2.05) is 29.8 Å². The minimum atomic E-state index is -0.590. The van der Waals surface area contributed by atoms with E-state index in [4.69, 9.17) is 0 Å². The number of aryl methyl sites for hydroxylation is 1. The zero-order chi connectivity index (χ0) is 12.7. The molecular formula is C12H12N4O2. The van der Waals surface area contributed by atoms with Gasteiger partial charge in [0.1, 0.15) is 0 Å². The number of carbonyl (C=O) groups excluding carboxylic acids is 2. The van der Waals surface area contributed by atoms with E-state index < -0.39 is 11.8 Å². The Labute approximate surface area is 103 Å². The summed E-state index contributed by atoms with van der Waals surface area (Å²) in [6, 6.07) is 5.63. The fourth-order valence-electron chi connectivity index (χ4n) is 2.12. The number of amides is 2. The Balaban J connectivity index is 1.95. The molecule has 0 spiro atoms. The van der Waals surface area contributed by atoms with Gasteiger partial charge in [-0.25, -0.2) is 4.98 Å². The van der Waals surface area contributed by atoms with Gasteiger partial charge >= 0.3 is 11.8 Å². The second kappa shape index (κ2) is 3.83. The Hall–Kier alpha value is -2.37. The molecule has 2 heterocycles. The number of nitrogens with zero attached hydrogens (tertiary/aromatic N) is 2. The lowest BCUT2D eigenvalue weighted by Gasteiger charge is -2.23. The van der Waals surface area contributed by atoms with Gasteiger partial charge in [-0.3, -0.25) is 9.59 Å². The summed E-state index contributed by atoms with van der Waals surface area (Å²) in [4.78, 5) is 26.6. The van der Waals surface area contributed by atoms with Crippen molar-refractivity contribution in [1.82, 2.24) is 20.2 Å². The van der Waals surface area contributed by atoms with Crippen LogP contribution in [-0.2, 0) is 16.6 Å². The monoisotopic (exact) mass is 244 g/mol. The van der Waals surface area contributed by atoms with Crippen LogP contribution in [0.4, 0.5) is 0 Å². The van der Waals surface area contributed by atoms with Crippen molar-refractivity contribution in [3.05, 3.63) is 30.1 Å². The summed E-state index contributed by atoms with van der Waals surface area (Å²) in [7, 11) is 1.93. The largest absolute Gasteiger partial charge is 0.345 e. The predicted octanol–water partition coefficient (Wildman–Crippen LogP) is -0.140. The van der Waals surface area contributed by atoms with Gasteiger partial charge in [-0.2, -0.15) is 0 Å². The molecule has 1 fully saturated rings. The van der Waals surface area contributed by atoms with Crippen molar-refractivity contribution in [2.75, 3.05) is 6.54 Å². The van der Waals surface area contributed by atoms with E-state index in [0.29, 0.717) is 6.54 Å². The van der Waals surface area contributed by atoms with E-state index in [0.717, 1.165) is 16.6 Å². The lowest BCUT2D eigenvalue weighted by Crippen LogP contribution is -2.51. The molecule has 1 aliphatic heterocycles. The molecule has 0 aliphatic carbocycles. The minimum Gasteiger partial charge on any atom is -0.345 e. The SMILES string of the molecule is Cn1cnc2cc(C3CNC(=O)C(=O)N3)ccc21. The van der Waals surface area contributed by atoms with Gasteiger partial charge in [0.15, 0.2) is 0 Å². The quantitative estimate of drug-likeness (QED) is 0.685. The highest BCUT2D eigenvalue weighted by Gasteiger charge is 2.26. The lowest BCUT2D eigenvalue weighted by atomic mass is 10.0. The summed E-state index contributed by atoms with van der Waals surface area (Å²) in [5.41, 5.74) is 2.85. The summed E-state index contributed by atoms with van der Waals surface area (Å²) in [5.74, 6) is -1.17. The number of nitrogens with one attached hydrogen (secondary N) is 2. The highest BCUT2D eigenvalue weighted by molar-refractivity contribution is 6.35. The second-order valence-electron chi connectivity index (χ2n) is 4.34. The number of imidazole rings is 1. The van der Waals surface area contributed by atoms with Crippen molar-refractivity contribution in [2.24, 2.45) is 7.05 Å². The van der Waals surface area contributed by atoms with Gasteiger partial charge in [-0.05, 0) is 17.7 Å². The van der Waals surface area contributed by atoms with E-state index in [-0.39, 0.29) is 6.04 Å². The molecule has 6 nitrogen and oxygen atoms in total. The number of hydrogen-bond acceptors (Lipinski definition) is 3. The summed E-state index contributed by atoms with van der Waals surface area (Å²) in [6.07, 6.45) is 1.75. The molecule has 1 unspecified atom stereocenters. The molecule has 92 valence electrons. The van der Waals surface area contributed by atoms with Crippen LogP contribution in [0.2, 0.25) is 0 Å². The normalized spacial score (nSPS) is 19.7. The number of fused-ring (bicyclic) bond motifs is 1. The van der Waals surface area contributed by atoms with Crippen LogP contribution in [0.25, 0.3) is 11.0 Å². The van der Waals surface area contributed by atoms with Crippen LogP contribution in [-0.4, -0.2) is 27.9 Å². The van der Waals surface area contributed by atoms with Crippen molar-refractivity contribution in [1.29, 1.82) is 0 Å². The topological polar surface area (TPSA) is 76.0 Å². The molecule has 1 aromatic heterocycles.